The van der Waals surface area contributed by atoms with Crippen LogP contribution in [-0.2, 0) is 4.79 Å². The van der Waals surface area contributed by atoms with Crippen molar-refractivity contribution in [1.82, 2.24) is 5.48 Å². The molecule has 58 valence electrons. The van der Waals surface area contributed by atoms with E-state index in [-0.39, 0.29) is 0 Å². The quantitative estimate of drug-likeness (QED) is 0.398. The zero-order valence-corrected chi connectivity index (χ0v) is 6.47. The Morgan fingerprint density at radius 2 is 2.55 bits per heavy atom. The molecule has 1 amide bonds. The molecule has 1 aromatic rings. The molecular formula is C7H7NO2S. The van der Waals surface area contributed by atoms with Crippen LogP contribution in [0.3, 0.4) is 0 Å². The molecular weight excluding hydrogens is 162 g/mol. The van der Waals surface area contributed by atoms with E-state index in [1.807, 2.05) is 17.5 Å². The summed E-state index contributed by atoms with van der Waals surface area (Å²) >= 11 is 1.53. The summed E-state index contributed by atoms with van der Waals surface area (Å²) in [5, 5.41) is 10.0. The summed E-state index contributed by atoms with van der Waals surface area (Å²) in [6.45, 7) is 0. The molecule has 1 rings (SSSR count). The van der Waals surface area contributed by atoms with Gasteiger partial charge in [-0.05, 0) is 17.5 Å². The van der Waals surface area contributed by atoms with Gasteiger partial charge >= 0.3 is 0 Å². The van der Waals surface area contributed by atoms with E-state index in [0.717, 1.165) is 4.88 Å². The van der Waals surface area contributed by atoms with E-state index in [9.17, 15) is 4.79 Å². The van der Waals surface area contributed by atoms with Gasteiger partial charge in [0.15, 0.2) is 0 Å². The molecule has 0 unspecified atom stereocenters. The van der Waals surface area contributed by atoms with E-state index in [0.29, 0.717) is 0 Å². The minimum Gasteiger partial charge on any atom is -0.288 e. The van der Waals surface area contributed by atoms with Crippen LogP contribution in [0, 0.1) is 0 Å². The standard InChI is InChI=1S/C7H7NO2S/c9-7(8-10)4-3-6-2-1-5-11-6/h1-5,10H,(H,8,9)/b4-3+. The average molecular weight is 169 g/mol. The Bertz CT molecular complexity index is 253. The maximum atomic E-state index is 10.5. The first kappa shape index (κ1) is 7.97. The van der Waals surface area contributed by atoms with Crippen molar-refractivity contribution >= 4 is 23.3 Å². The van der Waals surface area contributed by atoms with Gasteiger partial charge in [0.05, 0.1) is 0 Å². The average Bonchev–Trinajstić information content (AvgIpc) is 2.52. The van der Waals surface area contributed by atoms with Crippen LogP contribution >= 0.6 is 11.3 Å². The van der Waals surface area contributed by atoms with Gasteiger partial charge in [0.25, 0.3) is 5.91 Å². The number of hydrogen-bond donors (Lipinski definition) is 2. The maximum Gasteiger partial charge on any atom is 0.267 e. The zero-order valence-electron chi connectivity index (χ0n) is 5.65. The highest BCUT2D eigenvalue weighted by Gasteiger charge is 1.90. The van der Waals surface area contributed by atoms with Crippen LogP contribution in [0.2, 0.25) is 0 Å². The predicted octanol–water partition coefficient (Wildman–Crippen LogP) is 1.27. The summed E-state index contributed by atoms with van der Waals surface area (Å²) in [6, 6.07) is 3.77. The highest BCUT2D eigenvalue weighted by molar-refractivity contribution is 7.10. The largest absolute Gasteiger partial charge is 0.288 e. The number of nitrogens with one attached hydrogen (secondary N) is 1. The number of carbonyl (C=O) groups is 1. The van der Waals surface area contributed by atoms with Gasteiger partial charge in [-0.3, -0.25) is 10.0 Å². The smallest absolute Gasteiger partial charge is 0.267 e. The van der Waals surface area contributed by atoms with Gasteiger partial charge in [-0.1, -0.05) is 6.07 Å². The van der Waals surface area contributed by atoms with Crippen molar-refractivity contribution in [3.8, 4) is 0 Å². The second-order valence-corrected chi connectivity index (χ2v) is 2.80. The Labute approximate surface area is 67.9 Å². The van der Waals surface area contributed by atoms with Crippen molar-refractivity contribution in [2.24, 2.45) is 0 Å². The highest BCUT2D eigenvalue weighted by Crippen LogP contribution is 2.09. The molecule has 0 bridgehead atoms. The normalized spacial score (nSPS) is 10.3. The third-order valence-corrected chi connectivity index (χ3v) is 1.89. The predicted molar refractivity (Wildman–Crippen MR) is 43.3 cm³/mol. The van der Waals surface area contributed by atoms with Gasteiger partial charge < -0.3 is 0 Å². The van der Waals surface area contributed by atoms with Crippen LogP contribution in [-0.4, -0.2) is 11.1 Å². The van der Waals surface area contributed by atoms with E-state index in [4.69, 9.17) is 5.21 Å². The number of carbonyl (C=O) groups excluding carboxylic acids is 1. The minimum absolute atomic E-state index is 0.515. The topological polar surface area (TPSA) is 49.3 Å². The monoisotopic (exact) mass is 169 g/mol. The Morgan fingerprint density at radius 1 is 1.73 bits per heavy atom. The van der Waals surface area contributed by atoms with E-state index in [2.05, 4.69) is 0 Å². The van der Waals surface area contributed by atoms with Crippen molar-refractivity contribution in [2.75, 3.05) is 0 Å². The molecule has 0 spiro atoms. The fraction of sp³-hybridized carbons (Fsp3) is 0. The molecule has 0 aliphatic heterocycles. The van der Waals surface area contributed by atoms with Crippen molar-refractivity contribution in [3.05, 3.63) is 28.5 Å². The minimum atomic E-state index is -0.515. The molecule has 11 heavy (non-hydrogen) atoms. The fourth-order valence-electron chi connectivity index (χ4n) is 0.581. The molecule has 0 atom stereocenters. The molecule has 1 aromatic heterocycles. The molecule has 1 heterocycles. The Kier molecular flexibility index (Phi) is 2.83. The second kappa shape index (κ2) is 3.90. The molecule has 3 nitrogen and oxygen atoms in total. The molecule has 0 aliphatic rings. The van der Waals surface area contributed by atoms with Crippen molar-refractivity contribution in [3.63, 3.8) is 0 Å². The van der Waals surface area contributed by atoms with Gasteiger partial charge in [0.2, 0.25) is 0 Å². The Morgan fingerprint density at radius 3 is 3.09 bits per heavy atom. The lowest BCUT2D eigenvalue weighted by Crippen LogP contribution is -2.14. The van der Waals surface area contributed by atoms with E-state index in [1.54, 1.807) is 6.08 Å². The van der Waals surface area contributed by atoms with Gasteiger partial charge in [-0.15, -0.1) is 11.3 Å². The maximum absolute atomic E-state index is 10.5. The van der Waals surface area contributed by atoms with Crippen LogP contribution < -0.4 is 5.48 Å². The highest BCUT2D eigenvalue weighted by atomic mass is 32.1. The molecule has 0 fully saturated rings. The Balaban J connectivity index is 2.55. The lowest BCUT2D eigenvalue weighted by molar-refractivity contribution is -0.124. The number of rotatable bonds is 2. The Hall–Kier alpha value is -1.13. The van der Waals surface area contributed by atoms with Crippen molar-refractivity contribution in [2.45, 2.75) is 0 Å². The van der Waals surface area contributed by atoms with Crippen LogP contribution in [0.15, 0.2) is 23.6 Å². The van der Waals surface area contributed by atoms with Gasteiger partial charge in [-0.2, -0.15) is 0 Å². The van der Waals surface area contributed by atoms with Crippen LogP contribution in [0.1, 0.15) is 4.88 Å². The molecule has 0 saturated heterocycles. The molecule has 0 saturated carbocycles. The number of hydrogen-bond acceptors (Lipinski definition) is 3. The number of hydroxylamine groups is 1. The zero-order chi connectivity index (χ0) is 8.10. The molecule has 2 N–H and O–H groups in total. The summed E-state index contributed by atoms with van der Waals surface area (Å²) in [4.78, 5) is 11.4. The van der Waals surface area contributed by atoms with Gasteiger partial charge in [-0.25, -0.2) is 5.48 Å². The third-order valence-electron chi connectivity index (χ3n) is 1.05. The van der Waals surface area contributed by atoms with Crippen LogP contribution in [0.25, 0.3) is 6.08 Å². The summed E-state index contributed by atoms with van der Waals surface area (Å²) in [6.07, 6.45) is 2.90. The van der Waals surface area contributed by atoms with E-state index >= 15 is 0 Å². The SMILES string of the molecule is O=C(/C=C/c1cccs1)NO. The van der Waals surface area contributed by atoms with E-state index < -0.39 is 5.91 Å². The molecule has 0 aromatic carbocycles. The molecule has 0 aliphatic carbocycles. The van der Waals surface area contributed by atoms with Gasteiger partial charge in [0.1, 0.15) is 0 Å². The van der Waals surface area contributed by atoms with Crippen LogP contribution in [0.4, 0.5) is 0 Å². The first-order valence-corrected chi connectivity index (χ1v) is 3.86. The lowest BCUT2D eigenvalue weighted by atomic mass is 10.4. The second-order valence-electron chi connectivity index (χ2n) is 1.82. The van der Waals surface area contributed by atoms with Crippen molar-refractivity contribution in [1.29, 1.82) is 0 Å². The number of amides is 1. The summed E-state index contributed by atoms with van der Waals surface area (Å²) in [7, 11) is 0. The lowest BCUT2D eigenvalue weighted by Gasteiger charge is -1.86. The van der Waals surface area contributed by atoms with E-state index in [1.165, 1.54) is 22.9 Å². The third kappa shape index (κ3) is 2.53. The van der Waals surface area contributed by atoms with Gasteiger partial charge in [0, 0.05) is 11.0 Å². The van der Waals surface area contributed by atoms with Crippen LogP contribution in [0.5, 0.6) is 0 Å². The summed E-state index contributed by atoms with van der Waals surface area (Å²) in [5.74, 6) is -0.515. The first-order chi connectivity index (χ1) is 5.33. The summed E-state index contributed by atoms with van der Waals surface area (Å²) in [5.41, 5.74) is 1.51. The first-order valence-electron chi connectivity index (χ1n) is 2.98. The molecule has 4 heteroatoms. The summed E-state index contributed by atoms with van der Waals surface area (Å²) < 4.78 is 0. The number of thiophene rings is 1. The van der Waals surface area contributed by atoms with Crippen molar-refractivity contribution < 1.29 is 10.0 Å². The fourth-order valence-corrected chi connectivity index (χ4v) is 1.20. The molecule has 0 radical (unpaired) electrons.